The van der Waals surface area contributed by atoms with Gasteiger partial charge in [-0.15, -0.1) is 0 Å². The van der Waals surface area contributed by atoms with Crippen molar-refractivity contribution in [3.05, 3.63) is 35.9 Å². The summed E-state index contributed by atoms with van der Waals surface area (Å²) >= 11 is 0. The molecule has 0 heterocycles. The van der Waals surface area contributed by atoms with E-state index in [0.717, 1.165) is 6.54 Å². The van der Waals surface area contributed by atoms with Gasteiger partial charge in [-0.1, -0.05) is 43.7 Å². The Morgan fingerprint density at radius 1 is 1.20 bits per heavy atom. The molecule has 0 radical (unpaired) electrons. The van der Waals surface area contributed by atoms with Crippen LogP contribution in [0.3, 0.4) is 0 Å². The van der Waals surface area contributed by atoms with Gasteiger partial charge in [0.1, 0.15) is 0 Å². The van der Waals surface area contributed by atoms with Crippen LogP contribution in [0.1, 0.15) is 38.2 Å². The predicted molar refractivity (Wildman–Crippen MR) is 65.2 cm³/mol. The molecule has 0 amide bonds. The van der Waals surface area contributed by atoms with Gasteiger partial charge in [0.15, 0.2) is 0 Å². The van der Waals surface area contributed by atoms with Crippen LogP contribution in [0.4, 0.5) is 0 Å². The molecule has 1 aromatic rings. The van der Waals surface area contributed by atoms with Crippen molar-refractivity contribution in [3.63, 3.8) is 0 Å². The average Bonchev–Trinajstić information content (AvgIpc) is 2.29. The summed E-state index contributed by atoms with van der Waals surface area (Å²) in [6.45, 7) is 3.17. The average molecular weight is 201 g/mol. The number of hydrogen-bond donors (Lipinski definition) is 0. The third-order valence-electron chi connectivity index (χ3n) is 3.20. The number of aliphatic imine (C=N–C) groups is 1. The molecule has 1 nitrogen and oxygen atoms in total. The molecule has 1 aromatic carbocycles. The minimum Gasteiger partial charge on any atom is -0.289 e. The zero-order valence-electron chi connectivity index (χ0n) is 9.45. The SMILES string of the molecule is CC1CCCCC1=NCc1ccccc1. The van der Waals surface area contributed by atoms with Gasteiger partial charge in [0.05, 0.1) is 6.54 Å². The van der Waals surface area contributed by atoms with E-state index in [2.05, 4.69) is 37.3 Å². The van der Waals surface area contributed by atoms with Gasteiger partial charge in [0.25, 0.3) is 0 Å². The monoisotopic (exact) mass is 201 g/mol. The fourth-order valence-electron chi connectivity index (χ4n) is 2.18. The molecular weight excluding hydrogens is 182 g/mol. The summed E-state index contributed by atoms with van der Waals surface area (Å²) in [5.74, 6) is 0.711. The van der Waals surface area contributed by atoms with Crippen LogP contribution in [-0.2, 0) is 6.54 Å². The van der Waals surface area contributed by atoms with Gasteiger partial charge in [-0.25, -0.2) is 0 Å². The normalized spacial score (nSPS) is 24.3. The Morgan fingerprint density at radius 3 is 2.73 bits per heavy atom. The molecule has 1 fully saturated rings. The molecule has 1 saturated carbocycles. The summed E-state index contributed by atoms with van der Waals surface area (Å²) in [7, 11) is 0. The lowest BCUT2D eigenvalue weighted by Crippen LogP contribution is -2.16. The van der Waals surface area contributed by atoms with Crippen molar-refractivity contribution in [1.82, 2.24) is 0 Å². The first-order valence-corrected chi connectivity index (χ1v) is 5.93. The Bertz CT molecular complexity index is 326. The fraction of sp³-hybridized carbons (Fsp3) is 0.500. The van der Waals surface area contributed by atoms with E-state index in [1.165, 1.54) is 37.0 Å². The highest BCUT2D eigenvalue weighted by atomic mass is 14.7. The van der Waals surface area contributed by atoms with E-state index in [1.807, 2.05) is 0 Å². The molecule has 15 heavy (non-hydrogen) atoms. The summed E-state index contributed by atoms with van der Waals surface area (Å²) in [4.78, 5) is 4.75. The van der Waals surface area contributed by atoms with E-state index in [9.17, 15) is 0 Å². The zero-order chi connectivity index (χ0) is 10.5. The first-order valence-electron chi connectivity index (χ1n) is 5.93. The molecule has 0 aliphatic heterocycles. The zero-order valence-corrected chi connectivity index (χ0v) is 9.45. The first-order chi connectivity index (χ1) is 7.36. The van der Waals surface area contributed by atoms with Gasteiger partial charge in [-0.3, -0.25) is 4.99 Å². The second kappa shape index (κ2) is 5.11. The summed E-state index contributed by atoms with van der Waals surface area (Å²) in [6, 6.07) is 10.5. The van der Waals surface area contributed by atoms with Crippen LogP contribution in [0, 0.1) is 5.92 Å². The number of rotatable bonds is 2. The van der Waals surface area contributed by atoms with Gasteiger partial charge in [0, 0.05) is 5.71 Å². The van der Waals surface area contributed by atoms with Gasteiger partial charge in [-0.2, -0.15) is 0 Å². The summed E-state index contributed by atoms with van der Waals surface area (Å²) in [6.07, 6.45) is 5.26. The predicted octanol–water partition coefficient (Wildman–Crippen LogP) is 3.84. The van der Waals surface area contributed by atoms with E-state index in [-0.39, 0.29) is 0 Å². The van der Waals surface area contributed by atoms with Crippen molar-refractivity contribution in [2.24, 2.45) is 10.9 Å². The lowest BCUT2D eigenvalue weighted by molar-refractivity contribution is 0.556. The Labute approximate surface area is 92.2 Å². The van der Waals surface area contributed by atoms with Crippen LogP contribution in [0.5, 0.6) is 0 Å². The Hall–Kier alpha value is -1.11. The highest BCUT2D eigenvalue weighted by Crippen LogP contribution is 2.21. The first kappa shape index (κ1) is 10.4. The Morgan fingerprint density at radius 2 is 2.00 bits per heavy atom. The number of hydrogen-bond acceptors (Lipinski definition) is 1. The van der Waals surface area contributed by atoms with Crippen LogP contribution in [0.15, 0.2) is 35.3 Å². The van der Waals surface area contributed by atoms with Crippen molar-refractivity contribution in [2.75, 3.05) is 0 Å². The maximum absolute atomic E-state index is 4.75. The van der Waals surface area contributed by atoms with E-state index in [4.69, 9.17) is 4.99 Å². The molecule has 0 aromatic heterocycles. The van der Waals surface area contributed by atoms with E-state index in [0.29, 0.717) is 5.92 Å². The van der Waals surface area contributed by atoms with Gasteiger partial charge in [-0.05, 0) is 30.7 Å². The molecule has 0 N–H and O–H groups in total. The van der Waals surface area contributed by atoms with E-state index < -0.39 is 0 Å². The van der Waals surface area contributed by atoms with Crippen LogP contribution in [0.25, 0.3) is 0 Å². The van der Waals surface area contributed by atoms with Gasteiger partial charge < -0.3 is 0 Å². The molecule has 0 saturated heterocycles. The minimum atomic E-state index is 0.711. The minimum absolute atomic E-state index is 0.711. The van der Waals surface area contributed by atoms with E-state index in [1.54, 1.807) is 0 Å². The molecule has 80 valence electrons. The maximum Gasteiger partial charge on any atom is 0.0639 e. The van der Waals surface area contributed by atoms with Crippen molar-refractivity contribution in [2.45, 2.75) is 39.2 Å². The number of benzene rings is 1. The van der Waals surface area contributed by atoms with Gasteiger partial charge >= 0.3 is 0 Å². The smallest absolute Gasteiger partial charge is 0.0639 e. The molecule has 1 unspecified atom stereocenters. The summed E-state index contributed by atoms with van der Waals surface area (Å²) in [5, 5.41) is 0. The maximum atomic E-state index is 4.75. The highest BCUT2D eigenvalue weighted by molar-refractivity contribution is 5.87. The lowest BCUT2D eigenvalue weighted by atomic mass is 9.89. The Kier molecular flexibility index (Phi) is 3.54. The van der Waals surface area contributed by atoms with Crippen LogP contribution in [-0.4, -0.2) is 5.71 Å². The molecule has 0 spiro atoms. The lowest BCUT2D eigenvalue weighted by Gasteiger charge is -2.20. The topological polar surface area (TPSA) is 12.4 Å². The molecule has 2 rings (SSSR count). The molecule has 0 bridgehead atoms. The van der Waals surface area contributed by atoms with E-state index >= 15 is 0 Å². The third kappa shape index (κ3) is 2.92. The van der Waals surface area contributed by atoms with Crippen LogP contribution < -0.4 is 0 Å². The largest absolute Gasteiger partial charge is 0.289 e. The van der Waals surface area contributed by atoms with Crippen LogP contribution >= 0.6 is 0 Å². The third-order valence-corrected chi connectivity index (χ3v) is 3.20. The number of nitrogens with zero attached hydrogens (tertiary/aromatic N) is 1. The quantitative estimate of drug-likeness (QED) is 0.689. The second-order valence-corrected chi connectivity index (χ2v) is 4.44. The van der Waals surface area contributed by atoms with Crippen molar-refractivity contribution in [1.29, 1.82) is 0 Å². The standard InChI is InChI=1S/C14H19N/c1-12-7-5-6-10-14(12)15-11-13-8-3-2-4-9-13/h2-4,8-9,12H,5-7,10-11H2,1H3. The van der Waals surface area contributed by atoms with Gasteiger partial charge in [0.2, 0.25) is 0 Å². The highest BCUT2D eigenvalue weighted by Gasteiger charge is 2.14. The molecular formula is C14H19N. The van der Waals surface area contributed by atoms with Crippen molar-refractivity contribution >= 4 is 5.71 Å². The van der Waals surface area contributed by atoms with Crippen molar-refractivity contribution in [3.8, 4) is 0 Å². The molecule has 1 heteroatoms. The Balaban J connectivity index is 1.98. The van der Waals surface area contributed by atoms with Crippen molar-refractivity contribution < 1.29 is 0 Å². The molecule has 1 atom stereocenters. The second-order valence-electron chi connectivity index (χ2n) is 4.44. The summed E-state index contributed by atoms with van der Waals surface area (Å²) in [5.41, 5.74) is 2.76. The molecule has 1 aliphatic rings. The molecule has 1 aliphatic carbocycles. The van der Waals surface area contributed by atoms with Crippen LogP contribution in [0.2, 0.25) is 0 Å². The fourth-order valence-corrected chi connectivity index (χ4v) is 2.18. The summed E-state index contributed by atoms with van der Waals surface area (Å²) < 4.78 is 0.